The lowest BCUT2D eigenvalue weighted by atomic mass is 10.2. The first-order chi connectivity index (χ1) is 8.33. The lowest BCUT2D eigenvalue weighted by molar-refractivity contribution is 0.398. The molecule has 90 valence electrons. The van der Waals surface area contributed by atoms with E-state index in [0.29, 0.717) is 11.9 Å². The molecule has 0 saturated heterocycles. The molecule has 2 rings (SSSR count). The van der Waals surface area contributed by atoms with E-state index in [1.165, 1.54) is 4.88 Å². The van der Waals surface area contributed by atoms with Crippen molar-refractivity contribution in [2.45, 2.75) is 19.4 Å². The molecule has 4 heteroatoms. The van der Waals surface area contributed by atoms with Crippen molar-refractivity contribution in [1.29, 1.82) is 0 Å². The summed E-state index contributed by atoms with van der Waals surface area (Å²) >= 11 is 1.78. The van der Waals surface area contributed by atoms with Crippen LogP contribution in [0.4, 0.5) is 5.69 Å². The molecule has 0 fully saturated rings. The minimum atomic E-state index is 0.349. The third kappa shape index (κ3) is 2.97. The molecule has 3 nitrogen and oxygen atoms in total. The number of rotatable bonds is 5. The molecule has 0 bridgehead atoms. The lowest BCUT2D eigenvalue weighted by Crippen LogP contribution is -2.08. The van der Waals surface area contributed by atoms with Crippen molar-refractivity contribution in [1.82, 2.24) is 4.98 Å². The Bertz CT molecular complexity index is 456. The molecule has 0 saturated carbocycles. The standard InChI is InChI=1S/C13H16N2OS/c1-3-11(12-5-4-8-17-12)15-10-6-7-14-13(9-10)16-2/h4-9,11H,3H2,1-2H3,(H,14,15). The van der Waals surface area contributed by atoms with E-state index in [9.17, 15) is 0 Å². The highest BCUT2D eigenvalue weighted by atomic mass is 32.1. The van der Waals surface area contributed by atoms with Gasteiger partial charge in [-0.05, 0) is 23.9 Å². The predicted octanol–water partition coefficient (Wildman–Crippen LogP) is 3.71. The van der Waals surface area contributed by atoms with Crippen LogP contribution < -0.4 is 10.1 Å². The van der Waals surface area contributed by atoms with Gasteiger partial charge in [-0.3, -0.25) is 0 Å². The molecule has 0 aliphatic heterocycles. The highest BCUT2D eigenvalue weighted by Crippen LogP contribution is 2.26. The van der Waals surface area contributed by atoms with Gasteiger partial charge in [-0.1, -0.05) is 13.0 Å². The highest BCUT2D eigenvalue weighted by Gasteiger charge is 2.10. The maximum absolute atomic E-state index is 5.11. The molecule has 0 aromatic carbocycles. The summed E-state index contributed by atoms with van der Waals surface area (Å²) in [6.45, 7) is 2.18. The minimum Gasteiger partial charge on any atom is -0.481 e. The summed E-state index contributed by atoms with van der Waals surface area (Å²) in [6, 6.07) is 8.46. The smallest absolute Gasteiger partial charge is 0.214 e. The van der Waals surface area contributed by atoms with Gasteiger partial charge < -0.3 is 10.1 Å². The first-order valence-corrected chi connectivity index (χ1v) is 6.51. The zero-order valence-electron chi connectivity index (χ0n) is 10.0. The Morgan fingerprint density at radius 3 is 3.00 bits per heavy atom. The second-order valence-corrected chi connectivity index (χ2v) is 4.69. The van der Waals surface area contributed by atoms with E-state index in [2.05, 4.69) is 34.7 Å². The first-order valence-electron chi connectivity index (χ1n) is 5.63. The third-order valence-corrected chi connectivity index (χ3v) is 3.57. The number of thiophene rings is 1. The summed E-state index contributed by atoms with van der Waals surface area (Å²) in [4.78, 5) is 5.44. The van der Waals surface area contributed by atoms with Crippen LogP contribution in [-0.2, 0) is 0 Å². The summed E-state index contributed by atoms with van der Waals surface area (Å²) in [6.07, 6.45) is 2.80. The summed E-state index contributed by atoms with van der Waals surface area (Å²) in [5.74, 6) is 0.635. The van der Waals surface area contributed by atoms with Gasteiger partial charge in [-0.15, -0.1) is 11.3 Å². The fraction of sp³-hybridized carbons (Fsp3) is 0.308. The van der Waals surface area contributed by atoms with Crippen molar-refractivity contribution < 1.29 is 4.74 Å². The van der Waals surface area contributed by atoms with E-state index in [-0.39, 0.29) is 0 Å². The molecule has 0 radical (unpaired) electrons. The molecular formula is C13H16N2OS. The number of aromatic nitrogens is 1. The molecule has 2 aromatic rings. The van der Waals surface area contributed by atoms with Gasteiger partial charge in [0.1, 0.15) is 0 Å². The van der Waals surface area contributed by atoms with E-state index < -0.39 is 0 Å². The third-order valence-electron chi connectivity index (χ3n) is 2.58. The Hall–Kier alpha value is -1.55. The van der Waals surface area contributed by atoms with Crippen molar-refractivity contribution in [3.8, 4) is 5.88 Å². The number of methoxy groups -OCH3 is 1. The van der Waals surface area contributed by atoms with E-state index in [4.69, 9.17) is 4.74 Å². The number of pyridine rings is 1. The molecule has 0 aliphatic carbocycles. The van der Waals surface area contributed by atoms with E-state index in [0.717, 1.165) is 12.1 Å². The fourth-order valence-corrected chi connectivity index (χ4v) is 2.54. The Balaban J connectivity index is 2.13. The Labute approximate surface area is 105 Å². The van der Waals surface area contributed by atoms with E-state index in [1.807, 2.05) is 12.1 Å². The number of nitrogens with one attached hydrogen (secondary N) is 1. The summed E-state index contributed by atoms with van der Waals surface area (Å²) in [7, 11) is 1.63. The largest absolute Gasteiger partial charge is 0.481 e. The van der Waals surface area contributed by atoms with Crippen LogP contribution in [0.1, 0.15) is 24.3 Å². The maximum Gasteiger partial charge on any atom is 0.214 e. The molecule has 1 unspecified atom stereocenters. The van der Waals surface area contributed by atoms with Gasteiger partial charge >= 0.3 is 0 Å². The van der Waals surface area contributed by atoms with E-state index >= 15 is 0 Å². The van der Waals surface area contributed by atoms with Crippen LogP contribution in [0.15, 0.2) is 35.8 Å². The van der Waals surface area contributed by atoms with Crippen LogP contribution in [0.3, 0.4) is 0 Å². The molecule has 2 aromatic heterocycles. The van der Waals surface area contributed by atoms with Crippen LogP contribution in [-0.4, -0.2) is 12.1 Å². The fourth-order valence-electron chi connectivity index (χ4n) is 1.68. The summed E-state index contributed by atoms with van der Waals surface area (Å²) in [5, 5.41) is 5.60. The zero-order chi connectivity index (χ0) is 12.1. The number of hydrogen-bond acceptors (Lipinski definition) is 4. The van der Waals surface area contributed by atoms with Crippen LogP contribution in [0, 0.1) is 0 Å². The van der Waals surface area contributed by atoms with Gasteiger partial charge in [-0.25, -0.2) is 4.98 Å². The van der Waals surface area contributed by atoms with Gasteiger partial charge in [0.2, 0.25) is 5.88 Å². The van der Waals surface area contributed by atoms with Crippen LogP contribution in [0.2, 0.25) is 0 Å². The quantitative estimate of drug-likeness (QED) is 0.875. The van der Waals surface area contributed by atoms with Crippen LogP contribution in [0.25, 0.3) is 0 Å². The van der Waals surface area contributed by atoms with Crippen molar-refractivity contribution >= 4 is 17.0 Å². The van der Waals surface area contributed by atoms with Crippen molar-refractivity contribution in [3.63, 3.8) is 0 Å². The number of anilines is 1. The second kappa shape index (κ2) is 5.68. The Kier molecular flexibility index (Phi) is 3.98. The van der Waals surface area contributed by atoms with E-state index in [1.54, 1.807) is 24.6 Å². The number of ether oxygens (including phenoxy) is 1. The van der Waals surface area contributed by atoms with Gasteiger partial charge in [-0.2, -0.15) is 0 Å². The zero-order valence-corrected chi connectivity index (χ0v) is 10.8. The highest BCUT2D eigenvalue weighted by molar-refractivity contribution is 7.10. The Morgan fingerprint density at radius 1 is 1.47 bits per heavy atom. The predicted molar refractivity (Wildman–Crippen MR) is 71.8 cm³/mol. The lowest BCUT2D eigenvalue weighted by Gasteiger charge is -2.17. The van der Waals surface area contributed by atoms with Gasteiger partial charge in [0.25, 0.3) is 0 Å². The molecular weight excluding hydrogens is 232 g/mol. The summed E-state index contributed by atoms with van der Waals surface area (Å²) < 4.78 is 5.11. The Morgan fingerprint density at radius 2 is 2.35 bits per heavy atom. The average molecular weight is 248 g/mol. The topological polar surface area (TPSA) is 34.2 Å². The van der Waals surface area contributed by atoms with Crippen molar-refractivity contribution in [2.75, 3.05) is 12.4 Å². The minimum absolute atomic E-state index is 0.349. The van der Waals surface area contributed by atoms with Gasteiger partial charge in [0, 0.05) is 22.8 Å². The average Bonchev–Trinajstić information content (AvgIpc) is 2.90. The molecule has 0 aliphatic rings. The molecule has 17 heavy (non-hydrogen) atoms. The molecule has 2 heterocycles. The SMILES string of the molecule is CCC(Nc1ccnc(OC)c1)c1cccs1. The normalized spacial score (nSPS) is 12.1. The van der Waals surface area contributed by atoms with Crippen LogP contribution in [0.5, 0.6) is 5.88 Å². The van der Waals surface area contributed by atoms with Gasteiger partial charge in [0.15, 0.2) is 0 Å². The molecule has 1 atom stereocenters. The molecule has 0 spiro atoms. The van der Waals surface area contributed by atoms with Gasteiger partial charge in [0.05, 0.1) is 13.2 Å². The molecule has 1 N–H and O–H groups in total. The number of hydrogen-bond donors (Lipinski definition) is 1. The summed E-state index contributed by atoms with van der Waals surface area (Å²) in [5.41, 5.74) is 1.04. The van der Waals surface area contributed by atoms with Crippen LogP contribution >= 0.6 is 11.3 Å². The van der Waals surface area contributed by atoms with Crippen molar-refractivity contribution in [3.05, 3.63) is 40.7 Å². The monoisotopic (exact) mass is 248 g/mol. The first kappa shape index (κ1) is 11.9. The number of nitrogens with zero attached hydrogens (tertiary/aromatic N) is 1. The molecule has 0 amide bonds. The maximum atomic E-state index is 5.11. The second-order valence-electron chi connectivity index (χ2n) is 3.71. The van der Waals surface area contributed by atoms with Crippen molar-refractivity contribution in [2.24, 2.45) is 0 Å².